The number of rotatable bonds is 26. The van der Waals surface area contributed by atoms with Crippen molar-refractivity contribution < 1.29 is 75.6 Å². The van der Waals surface area contributed by atoms with Gasteiger partial charge < -0.3 is 25.4 Å². The zero-order chi connectivity index (χ0) is 65.9. The number of carbonyl (C=O) groups excluding carboxylic acids is 6. The van der Waals surface area contributed by atoms with Crippen LogP contribution in [0.15, 0.2) is 158 Å². The molecule has 0 aliphatic carbocycles. The molecule has 16 nitrogen and oxygen atoms in total. The molecule has 8 aromatic rings. The number of Topliss-reactive ketones (excluding diaryl/α,β-unsaturated/α-hetero) is 3. The third-order valence-corrected chi connectivity index (χ3v) is 14.2. The number of halogens is 3. The molecule has 0 aliphatic rings. The van der Waals surface area contributed by atoms with Gasteiger partial charge in [-0.05, 0) is 165 Å². The van der Waals surface area contributed by atoms with E-state index in [0.717, 1.165) is 16.9 Å². The third kappa shape index (κ3) is 22.4. The maximum absolute atomic E-state index is 12.4. The Morgan fingerprint density at radius 1 is 0.587 bits per heavy atom. The Morgan fingerprint density at radius 2 is 1.01 bits per heavy atom. The fourth-order valence-electron chi connectivity index (χ4n) is 8.61. The van der Waals surface area contributed by atoms with E-state index in [9.17, 15) is 41.9 Å². The van der Waals surface area contributed by atoms with E-state index >= 15 is 0 Å². The number of alkyl halides is 3. The largest absolute Gasteiger partial charge is 2.00 e. The monoisotopic (exact) mass is 1360 g/mol. The Balaban J connectivity index is 0.000000401. The number of hydrogen-bond acceptors (Lipinski definition) is 16. The second-order valence-corrected chi connectivity index (χ2v) is 21.1. The van der Waals surface area contributed by atoms with E-state index in [2.05, 4.69) is 46.2 Å². The number of hydrogen-bond donors (Lipinski definition) is 1. The number of allylic oxidation sites excluding steroid dienone is 1. The minimum absolute atomic E-state index is 0. The van der Waals surface area contributed by atoms with Crippen molar-refractivity contribution in [3.8, 4) is 22.8 Å². The van der Waals surface area contributed by atoms with Crippen LogP contribution in [0.4, 0.5) is 13.2 Å². The first-order valence-corrected chi connectivity index (χ1v) is 29.1. The minimum Gasteiger partial charge on any atom is -0.753 e. The number of isothiocyanates is 1. The van der Waals surface area contributed by atoms with Crippen molar-refractivity contribution in [2.45, 2.75) is 66.0 Å². The number of pyridine rings is 4. The van der Waals surface area contributed by atoms with Crippen LogP contribution < -0.4 is 0 Å². The third-order valence-electron chi connectivity index (χ3n) is 13.1. The summed E-state index contributed by atoms with van der Waals surface area (Å²) in [6.07, 6.45) is 14.9. The second-order valence-electron chi connectivity index (χ2n) is 19.7. The van der Waals surface area contributed by atoms with Gasteiger partial charge in [-0.15, -0.1) is 17.0 Å². The van der Waals surface area contributed by atoms with E-state index in [4.69, 9.17) is 35.7 Å². The molecule has 5 aromatic heterocycles. The topological polar surface area (TPSA) is 252 Å². The van der Waals surface area contributed by atoms with Gasteiger partial charge in [0.2, 0.25) is 0 Å². The predicted octanol–water partition coefficient (Wildman–Crippen LogP) is 16.9. The van der Waals surface area contributed by atoms with E-state index in [1.165, 1.54) is 68.8 Å². The van der Waals surface area contributed by atoms with Crippen LogP contribution in [0.1, 0.15) is 139 Å². The summed E-state index contributed by atoms with van der Waals surface area (Å²) >= 11 is 5.43. The summed E-state index contributed by atoms with van der Waals surface area (Å²) in [5, 5.41) is 15.4. The number of ketones is 3. The smallest absolute Gasteiger partial charge is 0.753 e. The molecule has 0 saturated carbocycles. The Bertz CT molecular complexity index is 4030. The van der Waals surface area contributed by atoms with Crippen molar-refractivity contribution in [1.29, 1.82) is 5.41 Å². The molecule has 3 aromatic carbocycles. The van der Waals surface area contributed by atoms with E-state index in [-0.39, 0.29) is 59.8 Å². The van der Waals surface area contributed by atoms with Gasteiger partial charge in [-0.2, -0.15) is 18.3 Å². The molecule has 0 spiro atoms. The van der Waals surface area contributed by atoms with Crippen LogP contribution in [-0.4, -0.2) is 73.8 Å². The molecule has 0 atom stereocenters. The number of aryl methyl sites for hydroxylation is 1. The van der Waals surface area contributed by atoms with Crippen molar-refractivity contribution in [1.82, 2.24) is 19.9 Å². The predicted molar refractivity (Wildman–Crippen MR) is 352 cm³/mol. The van der Waals surface area contributed by atoms with Crippen LogP contribution in [0, 0.1) is 5.41 Å². The van der Waals surface area contributed by atoms with Crippen molar-refractivity contribution in [2.24, 2.45) is 0 Å². The van der Waals surface area contributed by atoms with Gasteiger partial charge in [-0.25, -0.2) is 4.98 Å². The Labute approximate surface area is 551 Å². The normalized spacial score (nSPS) is 11.5. The van der Waals surface area contributed by atoms with Crippen molar-refractivity contribution >= 4 is 125 Å². The maximum atomic E-state index is 12.4. The van der Waals surface area contributed by atoms with Gasteiger partial charge in [-0.3, -0.25) is 49.1 Å². The minimum atomic E-state index is -4.77. The quantitative estimate of drug-likeness (QED) is 0.00774. The van der Waals surface area contributed by atoms with E-state index in [0.29, 0.717) is 98.3 Å². The molecular weight excluding hydrogens is 1310 g/mol. The van der Waals surface area contributed by atoms with Crippen LogP contribution in [0.5, 0.6) is 0 Å². The first-order valence-electron chi connectivity index (χ1n) is 27.8. The molecule has 0 unspecified atom stereocenters. The Morgan fingerprint density at radius 3 is 1.45 bits per heavy atom. The number of ether oxygens (including phenoxy) is 3. The van der Waals surface area contributed by atoms with Gasteiger partial charge in [-0.1, -0.05) is 99.1 Å². The van der Waals surface area contributed by atoms with Crippen LogP contribution in [0.25, 0.3) is 87.3 Å². The summed E-state index contributed by atoms with van der Waals surface area (Å²) < 4.78 is 53.5. The Kier molecular flexibility index (Phi) is 28.7. The first-order chi connectivity index (χ1) is 43.7. The molecule has 0 amide bonds. The zero-order valence-electron chi connectivity index (χ0n) is 49.9. The molecule has 468 valence electrons. The Hall–Kier alpha value is -10.2. The van der Waals surface area contributed by atoms with Crippen LogP contribution in [-0.2, 0) is 54.5 Å². The number of thiophene rings is 1. The number of carbonyl (C=O) groups is 6. The van der Waals surface area contributed by atoms with Crippen LogP contribution >= 0.6 is 23.6 Å². The zero-order valence-corrected chi connectivity index (χ0v) is 53.3. The standard InChI is InChI=1S/C48H35N3O9.C21H23F3N3S.CNS.Ru/c1-30(55)36-7-4-10-39(24-36)46(58-27-52)21-33-13-15-49-42(17-33)44-19-35(23-48(60-29-54)41-12-6-9-38(26-41)32(3)57)20-45(51-44)43-18-34(14-16-50-43)22-47(59-28-53)40-11-5-8-37(25-40)31(2)56;1-2-3-4-5-6-16-9-10-17(28-16)8-7-15-11-12-27-19(13-15)18(25)14-20(26)21(22,23)24;2-1-3;/h4-29H,1-3H3;7-14,25-26H,2-6H2,1H3;;/q;2*-1;+2/b46-21+,47-22+,48-23+;8-7+,18-14-,26-20?;;. The maximum Gasteiger partial charge on any atom is 2.00 e. The van der Waals surface area contributed by atoms with Gasteiger partial charge in [0.15, 0.2) is 17.3 Å². The van der Waals surface area contributed by atoms with Crippen molar-refractivity contribution in [3.63, 3.8) is 0 Å². The summed E-state index contributed by atoms with van der Waals surface area (Å²) in [4.78, 5) is 91.7. The van der Waals surface area contributed by atoms with Gasteiger partial charge in [0, 0.05) is 67.4 Å². The fraction of sp³-hybridized carbons (Fsp3) is 0.143. The average molecular weight is 1360 g/mol. The molecular formula is C70H58F3N7O9RuS2. The SMILES string of the molecule is CC(=O)c1cccc(/C(=C\c2ccnc(-c3cc(/C=C(/OC=O)c4cccc(C(C)=O)c4)cc(-c4cc(/C=C(/OC=O)c5cccc(C(C)=O)c5)ccn4)n3)c2)OC=O)c1.CCCCCCc1ccc(/C=C/c2ccnc(/C([NH-])=C/C(=N)C(F)(F)F)c2)s1.[N-]=C=S.[Ru+2]. The van der Waals surface area contributed by atoms with Gasteiger partial charge in [0.25, 0.3) is 19.4 Å². The summed E-state index contributed by atoms with van der Waals surface area (Å²) in [7, 11) is 0. The number of aromatic nitrogens is 4. The summed E-state index contributed by atoms with van der Waals surface area (Å²) in [6, 6.07) is 37.8. The van der Waals surface area contributed by atoms with Gasteiger partial charge in [0.1, 0.15) is 23.0 Å². The summed E-state index contributed by atoms with van der Waals surface area (Å²) in [5.74, 6) is 0.0679. The van der Waals surface area contributed by atoms with Crippen LogP contribution in [0.2, 0.25) is 0 Å². The molecule has 8 rings (SSSR count). The summed E-state index contributed by atoms with van der Waals surface area (Å²) in [5.41, 5.74) is 12.6. The second kappa shape index (κ2) is 36.4. The van der Waals surface area contributed by atoms with E-state index in [1.807, 2.05) is 12.2 Å². The summed E-state index contributed by atoms with van der Waals surface area (Å²) in [6.45, 7) is 7.41. The molecule has 0 fully saturated rings. The number of nitrogens with zero attached hydrogens (tertiary/aromatic N) is 5. The molecule has 2 N–H and O–H groups in total. The average Bonchev–Trinajstić information content (AvgIpc) is 0.993. The molecule has 92 heavy (non-hydrogen) atoms. The molecule has 22 heteroatoms. The number of thiocarbonyl (C=S) groups is 1. The molecule has 0 saturated heterocycles. The first kappa shape index (κ1) is 72.5. The van der Waals surface area contributed by atoms with E-state index in [1.54, 1.807) is 157 Å². The molecule has 0 radical (unpaired) electrons. The van der Waals surface area contributed by atoms with Gasteiger partial charge in [0.05, 0.1) is 22.8 Å². The molecule has 5 heterocycles. The number of unbranched alkanes of at least 4 members (excludes halogenated alkanes) is 3. The number of benzene rings is 3. The van der Waals surface area contributed by atoms with Gasteiger partial charge >= 0.3 is 25.7 Å². The molecule has 0 bridgehead atoms. The van der Waals surface area contributed by atoms with Crippen molar-refractivity contribution in [3.05, 3.63) is 240 Å². The number of nitrogens with one attached hydrogen (secondary N) is 2. The van der Waals surface area contributed by atoms with E-state index < -0.39 is 17.6 Å². The van der Waals surface area contributed by atoms with Crippen LogP contribution in [0.3, 0.4) is 0 Å². The molecule has 0 aliphatic heterocycles. The fourth-order valence-corrected chi connectivity index (χ4v) is 9.57. The van der Waals surface area contributed by atoms with Crippen molar-refractivity contribution in [2.75, 3.05) is 0 Å².